The number of aromatic nitrogens is 3. The zero-order valence-corrected chi connectivity index (χ0v) is 22.6. The van der Waals surface area contributed by atoms with Gasteiger partial charge in [0.15, 0.2) is 11.4 Å². The molecule has 1 aromatic carbocycles. The van der Waals surface area contributed by atoms with E-state index in [1.165, 1.54) is 13.5 Å². The van der Waals surface area contributed by atoms with Gasteiger partial charge in [-0.15, -0.1) is 0 Å². The minimum atomic E-state index is -3.58. The van der Waals surface area contributed by atoms with Crippen molar-refractivity contribution in [3.8, 4) is 5.75 Å². The van der Waals surface area contributed by atoms with Gasteiger partial charge in [-0.3, -0.25) is 9.40 Å². The molecular weight excluding hydrogens is 498 g/mol. The highest BCUT2D eigenvalue weighted by Gasteiger charge is 2.25. The summed E-state index contributed by atoms with van der Waals surface area (Å²) < 4.78 is 46.2. The predicted octanol–water partition coefficient (Wildman–Crippen LogP) is 4.43. The van der Waals surface area contributed by atoms with E-state index >= 15 is 0 Å². The molecule has 1 amide bonds. The van der Waals surface area contributed by atoms with Crippen LogP contribution in [0.1, 0.15) is 64.1 Å². The fourth-order valence-corrected chi connectivity index (χ4v) is 5.99. The molecule has 1 fully saturated rings. The zero-order chi connectivity index (χ0) is 26.6. The van der Waals surface area contributed by atoms with E-state index in [1.54, 1.807) is 49.8 Å². The lowest BCUT2D eigenvalue weighted by molar-refractivity contribution is 0.0522. The van der Waals surface area contributed by atoms with Gasteiger partial charge in [-0.25, -0.2) is 13.2 Å². The maximum Gasteiger partial charge on any atom is 0.407 e. The number of ether oxygens (including phenoxy) is 2. The molecule has 37 heavy (non-hydrogen) atoms. The Morgan fingerprint density at radius 2 is 1.97 bits per heavy atom. The van der Waals surface area contributed by atoms with Crippen LogP contribution in [0.15, 0.2) is 28.9 Å². The lowest BCUT2D eigenvalue weighted by Crippen LogP contribution is -2.32. The van der Waals surface area contributed by atoms with Gasteiger partial charge in [0, 0.05) is 6.20 Å². The molecule has 1 aliphatic rings. The summed E-state index contributed by atoms with van der Waals surface area (Å²) in [6, 6.07) is 5.39. The van der Waals surface area contributed by atoms with Crippen LogP contribution in [-0.4, -0.2) is 47.9 Å². The number of sulfonamides is 1. The monoisotopic (exact) mass is 533 g/mol. The van der Waals surface area contributed by atoms with Crippen molar-refractivity contribution in [3.63, 3.8) is 0 Å². The van der Waals surface area contributed by atoms with Crippen LogP contribution in [0.3, 0.4) is 0 Å². The van der Waals surface area contributed by atoms with Crippen molar-refractivity contribution in [2.45, 2.75) is 71.6 Å². The number of hydrogen-bond acceptors (Lipinski definition) is 8. The van der Waals surface area contributed by atoms with Crippen LogP contribution < -0.4 is 14.8 Å². The average molecular weight is 534 g/mol. The van der Waals surface area contributed by atoms with Gasteiger partial charge in [0.1, 0.15) is 16.7 Å². The molecule has 2 heterocycles. The molecule has 11 nitrogen and oxygen atoms in total. The number of carbonyl (C=O) groups excluding carboxylic acids is 1. The Balaban J connectivity index is 1.44. The van der Waals surface area contributed by atoms with Crippen molar-refractivity contribution in [3.05, 3.63) is 35.7 Å². The fraction of sp³-hybridized carbons (Fsp3) is 0.560. The largest absolute Gasteiger partial charge is 0.496 e. The third kappa shape index (κ3) is 7.37. The summed E-state index contributed by atoms with van der Waals surface area (Å²) in [6.07, 6.45) is 6.46. The lowest BCUT2D eigenvalue weighted by atomic mass is 9.91. The fourth-order valence-electron chi connectivity index (χ4n) is 4.52. The second-order valence-corrected chi connectivity index (χ2v) is 12.2. The molecule has 2 N–H and O–H groups in total. The van der Waals surface area contributed by atoms with Crippen LogP contribution in [0, 0.1) is 5.92 Å². The maximum absolute atomic E-state index is 12.8. The van der Waals surface area contributed by atoms with E-state index in [0.29, 0.717) is 29.0 Å². The summed E-state index contributed by atoms with van der Waals surface area (Å²) in [5.41, 5.74) is 1.33. The molecule has 0 unspecified atom stereocenters. The number of nitrogens with zero attached hydrogens (tertiary/aromatic N) is 3. The highest BCUT2D eigenvalue weighted by molar-refractivity contribution is 7.92. The molecule has 0 spiro atoms. The van der Waals surface area contributed by atoms with E-state index < -0.39 is 21.7 Å². The second kappa shape index (κ2) is 11.0. The number of methoxy groups -OCH3 is 1. The van der Waals surface area contributed by atoms with E-state index in [9.17, 15) is 13.2 Å². The van der Waals surface area contributed by atoms with Gasteiger partial charge in [-0.1, -0.05) is 24.4 Å². The molecule has 0 atom stereocenters. The molecule has 3 aromatic rings. The standard InChI is InChI=1S/C25H35N5O6S/c1-25(2,3)35-24(31)26-14-19-10-11-30(27-19)15-18-12-20(34-4)22-21(13-18)36-28-23(22)29-37(32,33)16-17-8-6-5-7-9-17/h10-13,17H,5-9,14-16H2,1-4H3,(H,26,31)(H,28,29). The van der Waals surface area contributed by atoms with E-state index in [2.05, 4.69) is 20.3 Å². The first-order valence-electron chi connectivity index (χ1n) is 12.5. The molecule has 0 aliphatic heterocycles. The van der Waals surface area contributed by atoms with Crippen LogP contribution in [-0.2, 0) is 27.8 Å². The van der Waals surface area contributed by atoms with Crippen LogP contribution in [0.4, 0.5) is 10.6 Å². The summed E-state index contributed by atoms with van der Waals surface area (Å²) in [6.45, 7) is 6.04. The van der Waals surface area contributed by atoms with Crippen molar-refractivity contribution in [2.24, 2.45) is 5.92 Å². The highest BCUT2D eigenvalue weighted by atomic mass is 32.2. The number of hydrogen-bond donors (Lipinski definition) is 2. The highest BCUT2D eigenvalue weighted by Crippen LogP contribution is 2.35. The number of fused-ring (bicyclic) bond motifs is 1. The summed E-state index contributed by atoms with van der Waals surface area (Å²) in [5.74, 6) is 0.815. The first kappa shape index (κ1) is 26.8. The SMILES string of the molecule is COc1cc(Cn2ccc(CNC(=O)OC(C)(C)C)n2)cc2onc(NS(=O)(=O)CC3CCCCC3)c12. The van der Waals surface area contributed by atoms with Gasteiger partial charge in [0.2, 0.25) is 10.0 Å². The Morgan fingerprint density at radius 1 is 1.22 bits per heavy atom. The Kier molecular flexibility index (Phi) is 7.96. The van der Waals surface area contributed by atoms with Gasteiger partial charge in [0.25, 0.3) is 0 Å². The van der Waals surface area contributed by atoms with Crippen molar-refractivity contribution in [1.82, 2.24) is 20.3 Å². The third-order valence-electron chi connectivity index (χ3n) is 6.10. The molecule has 1 aliphatic carbocycles. The molecular formula is C25H35N5O6S. The summed E-state index contributed by atoms with van der Waals surface area (Å²) in [4.78, 5) is 11.9. The molecule has 2 aromatic heterocycles. The Morgan fingerprint density at radius 3 is 2.68 bits per heavy atom. The second-order valence-electron chi connectivity index (χ2n) is 10.5. The van der Waals surface area contributed by atoms with Gasteiger partial charge in [0.05, 0.1) is 31.6 Å². The van der Waals surface area contributed by atoms with Gasteiger partial charge in [-0.05, 0) is 63.3 Å². The van der Waals surface area contributed by atoms with E-state index in [-0.39, 0.29) is 24.0 Å². The van der Waals surface area contributed by atoms with Gasteiger partial charge < -0.3 is 19.3 Å². The van der Waals surface area contributed by atoms with Crippen LogP contribution in [0.5, 0.6) is 5.75 Å². The number of alkyl carbamates (subject to hydrolysis) is 1. The molecule has 0 radical (unpaired) electrons. The van der Waals surface area contributed by atoms with Crippen molar-refractivity contribution in [2.75, 3.05) is 17.6 Å². The average Bonchev–Trinajstić information content (AvgIpc) is 3.43. The summed E-state index contributed by atoms with van der Waals surface area (Å²) in [7, 11) is -2.07. The Hall–Kier alpha value is -3.28. The van der Waals surface area contributed by atoms with Crippen molar-refractivity contribution in [1.29, 1.82) is 0 Å². The van der Waals surface area contributed by atoms with Crippen LogP contribution >= 0.6 is 0 Å². The Labute approximate surface area is 216 Å². The van der Waals surface area contributed by atoms with E-state index in [0.717, 1.165) is 31.2 Å². The minimum Gasteiger partial charge on any atom is -0.496 e. The van der Waals surface area contributed by atoms with Gasteiger partial charge >= 0.3 is 6.09 Å². The maximum atomic E-state index is 12.8. The van der Waals surface area contributed by atoms with E-state index in [4.69, 9.17) is 14.0 Å². The molecule has 0 bridgehead atoms. The summed E-state index contributed by atoms with van der Waals surface area (Å²) >= 11 is 0. The molecule has 12 heteroatoms. The predicted molar refractivity (Wildman–Crippen MR) is 139 cm³/mol. The Bertz CT molecular complexity index is 1340. The lowest BCUT2D eigenvalue weighted by Gasteiger charge is -2.21. The van der Waals surface area contributed by atoms with E-state index in [1.807, 2.05) is 0 Å². The van der Waals surface area contributed by atoms with Crippen LogP contribution in [0.2, 0.25) is 0 Å². The minimum absolute atomic E-state index is 0.0756. The van der Waals surface area contributed by atoms with Crippen molar-refractivity contribution < 1.29 is 27.2 Å². The normalized spacial score (nSPS) is 15.0. The topological polar surface area (TPSA) is 138 Å². The number of benzene rings is 1. The number of rotatable bonds is 9. The summed E-state index contributed by atoms with van der Waals surface area (Å²) in [5, 5.41) is 11.6. The number of carbonyl (C=O) groups is 1. The zero-order valence-electron chi connectivity index (χ0n) is 21.7. The van der Waals surface area contributed by atoms with Gasteiger partial charge in [-0.2, -0.15) is 5.10 Å². The molecule has 1 saturated carbocycles. The third-order valence-corrected chi connectivity index (χ3v) is 7.52. The molecule has 4 rings (SSSR count). The molecule has 0 saturated heterocycles. The quantitative estimate of drug-likeness (QED) is 0.412. The van der Waals surface area contributed by atoms with Crippen LogP contribution in [0.25, 0.3) is 11.0 Å². The number of amides is 1. The van der Waals surface area contributed by atoms with Crippen molar-refractivity contribution >= 4 is 32.9 Å². The number of anilines is 1. The first-order chi connectivity index (χ1) is 17.5. The molecule has 202 valence electrons. The number of nitrogens with one attached hydrogen (secondary N) is 2. The smallest absolute Gasteiger partial charge is 0.407 e. The first-order valence-corrected chi connectivity index (χ1v) is 14.1.